The van der Waals surface area contributed by atoms with E-state index in [1.165, 1.54) is 218 Å². The molecule has 0 nitrogen and oxygen atoms in total. The zero-order chi connectivity index (χ0) is 30.4. The van der Waals surface area contributed by atoms with Crippen LogP contribution in [0.3, 0.4) is 0 Å². The Morgan fingerprint density at radius 3 is 0.857 bits per heavy atom. The molecule has 0 bridgehead atoms. The van der Waals surface area contributed by atoms with Crippen molar-refractivity contribution in [3.63, 3.8) is 0 Å². The topological polar surface area (TPSA) is 0 Å². The molecule has 0 heteroatoms. The second-order valence-electron chi connectivity index (χ2n) is 14.0. The third kappa shape index (κ3) is 37.5. The van der Waals surface area contributed by atoms with Crippen molar-refractivity contribution < 1.29 is 0 Å². The minimum absolute atomic E-state index is 0.929. The second kappa shape index (κ2) is 38.5. The normalized spacial score (nSPS) is 12.7. The molecule has 0 aliphatic rings. The van der Waals surface area contributed by atoms with Gasteiger partial charge >= 0.3 is 0 Å². The van der Waals surface area contributed by atoms with Gasteiger partial charge in [-0.15, -0.1) is 0 Å². The Kier molecular flexibility index (Phi) is 38.0. The van der Waals surface area contributed by atoms with Crippen molar-refractivity contribution in [1.29, 1.82) is 0 Å². The predicted molar refractivity (Wildman–Crippen MR) is 196 cm³/mol. The van der Waals surface area contributed by atoms with Crippen LogP contribution in [-0.2, 0) is 0 Å². The molecule has 1 atom stereocenters. The second-order valence-corrected chi connectivity index (χ2v) is 14.0. The van der Waals surface area contributed by atoms with E-state index in [0.717, 1.165) is 5.92 Å². The lowest BCUT2D eigenvalue weighted by molar-refractivity contribution is 0.445. The average molecular weight is 587 g/mol. The molecule has 0 aromatic carbocycles. The van der Waals surface area contributed by atoms with Gasteiger partial charge in [-0.1, -0.05) is 212 Å². The zero-order valence-electron chi connectivity index (χ0n) is 29.9. The van der Waals surface area contributed by atoms with Crippen molar-refractivity contribution in [2.75, 3.05) is 0 Å². The minimum atomic E-state index is 0.929. The third-order valence-corrected chi connectivity index (χ3v) is 9.42. The van der Waals surface area contributed by atoms with Gasteiger partial charge in [0.05, 0.1) is 0 Å². The molecule has 250 valence electrons. The molecule has 0 amide bonds. The number of allylic oxidation sites excluding steroid dienone is 4. The Balaban J connectivity index is 3.21. The lowest BCUT2D eigenvalue weighted by Gasteiger charge is -2.10. The van der Waals surface area contributed by atoms with Crippen LogP contribution in [0.4, 0.5) is 0 Å². The summed E-state index contributed by atoms with van der Waals surface area (Å²) in [5, 5.41) is 0. The molecule has 0 fully saturated rings. The summed E-state index contributed by atoms with van der Waals surface area (Å²) in [4.78, 5) is 0. The third-order valence-electron chi connectivity index (χ3n) is 9.42. The largest absolute Gasteiger partial charge is 0.0885 e. The number of rotatable bonds is 36. The van der Waals surface area contributed by atoms with Crippen LogP contribution in [-0.4, -0.2) is 0 Å². The van der Waals surface area contributed by atoms with Crippen LogP contribution < -0.4 is 0 Å². The number of unbranched alkanes of at least 4 members (excludes halogenated alkanes) is 28. The zero-order valence-corrected chi connectivity index (χ0v) is 29.9. The van der Waals surface area contributed by atoms with Crippen molar-refractivity contribution in [2.24, 2.45) is 5.92 Å². The summed E-state index contributed by atoms with van der Waals surface area (Å²) >= 11 is 0. The maximum absolute atomic E-state index is 2.47. The van der Waals surface area contributed by atoms with Gasteiger partial charge in [0.25, 0.3) is 0 Å². The van der Waals surface area contributed by atoms with Crippen molar-refractivity contribution in [3.8, 4) is 0 Å². The lowest BCUT2D eigenvalue weighted by atomic mass is 9.96. The van der Waals surface area contributed by atoms with E-state index in [2.05, 4.69) is 45.1 Å². The molecule has 0 aliphatic heterocycles. The molecule has 0 aliphatic carbocycles. The van der Waals surface area contributed by atoms with Gasteiger partial charge in [0.1, 0.15) is 0 Å². The first-order valence-corrected chi connectivity index (χ1v) is 20.1. The van der Waals surface area contributed by atoms with Gasteiger partial charge in [-0.05, 0) is 57.3 Å². The summed E-state index contributed by atoms with van der Waals surface area (Å²) in [5.41, 5.74) is 0. The molecular weight excluding hydrogens is 504 g/mol. The molecule has 0 saturated heterocycles. The summed E-state index contributed by atoms with van der Waals surface area (Å²) in [7, 11) is 0. The molecule has 0 aromatic rings. The minimum Gasteiger partial charge on any atom is -0.0885 e. The SMILES string of the molecule is CCCCCCCCCCCCCCCCC=CCCCCCCCCC=CCCCC(C)CCCCCCCCC. The van der Waals surface area contributed by atoms with Crippen LogP contribution >= 0.6 is 0 Å². The Morgan fingerprint density at radius 2 is 0.524 bits per heavy atom. The highest BCUT2D eigenvalue weighted by Crippen LogP contribution is 2.18. The van der Waals surface area contributed by atoms with Crippen LogP contribution in [0.2, 0.25) is 0 Å². The first kappa shape index (κ1) is 41.5. The van der Waals surface area contributed by atoms with Gasteiger partial charge in [0.15, 0.2) is 0 Å². The van der Waals surface area contributed by atoms with Crippen LogP contribution in [0.25, 0.3) is 0 Å². The maximum atomic E-state index is 2.47. The van der Waals surface area contributed by atoms with E-state index < -0.39 is 0 Å². The van der Waals surface area contributed by atoms with Crippen molar-refractivity contribution in [1.82, 2.24) is 0 Å². The van der Waals surface area contributed by atoms with E-state index in [0.29, 0.717) is 0 Å². The summed E-state index contributed by atoms with van der Waals surface area (Å²) in [5.74, 6) is 0.929. The van der Waals surface area contributed by atoms with E-state index in [4.69, 9.17) is 0 Å². The Labute approximate surface area is 268 Å². The Bertz CT molecular complexity index is 514. The lowest BCUT2D eigenvalue weighted by Crippen LogP contribution is -1.94. The quantitative estimate of drug-likeness (QED) is 0.0506. The number of hydrogen-bond acceptors (Lipinski definition) is 0. The summed E-state index contributed by atoms with van der Waals surface area (Å²) in [6.45, 7) is 7.08. The van der Waals surface area contributed by atoms with E-state index in [-0.39, 0.29) is 0 Å². The van der Waals surface area contributed by atoms with Crippen LogP contribution in [0.15, 0.2) is 24.3 Å². The molecular formula is C42H82. The van der Waals surface area contributed by atoms with Crippen molar-refractivity contribution in [2.45, 2.75) is 239 Å². The van der Waals surface area contributed by atoms with Gasteiger partial charge in [0, 0.05) is 0 Å². The van der Waals surface area contributed by atoms with Gasteiger partial charge in [0.2, 0.25) is 0 Å². The van der Waals surface area contributed by atoms with Crippen LogP contribution in [0.1, 0.15) is 239 Å². The molecule has 0 saturated carbocycles. The highest BCUT2D eigenvalue weighted by molar-refractivity contribution is 4.82. The van der Waals surface area contributed by atoms with Gasteiger partial charge in [-0.25, -0.2) is 0 Å². The van der Waals surface area contributed by atoms with Crippen LogP contribution in [0, 0.1) is 5.92 Å². The molecule has 1 unspecified atom stereocenters. The Hall–Kier alpha value is -0.520. The summed E-state index contributed by atoms with van der Waals surface area (Å²) < 4.78 is 0. The van der Waals surface area contributed by atoms with E-state index in [1.807, 2.05) is 0 Å². The van der Waals surface area contributed by atoms with Gasteiger partial charge < -0.3 is 0 Å². The standard InChI is InChI=1S/C42H82/c1-4-6-8-10-12-13-14-15-16-17-18-19-20-21-22-23-24-25-26-27-28-29-30-31-32-33-35-37-39-41-42(3)40-38-36-34-11-9-7-5-2/h23-24,33,35,42H,4-22,25-32,34,36-41H2,1-3H3. The highest BCUT2D eigenvalue weighted by atomic mass is 14.1. The summed E-state index contributed by atoms with van der Waals surface area (Å²) in [6, 6.07) is 0. The predicted octanol–water partition coefficient (Wildman–Crippen LogP) is 16.0. The van der Waals surface area contributed by atoms with Crippen LogP contribution in [0.5, 0.6) is 0 Å². The van der Waals surface area contributed by atoms with Crippen molar-refractivity contribution >= 4 is 0 Å². The molecule has 0 N–H and O–H groups in total. The van der Waals surface area contributed by atoms with E-state index in [9.17, 15) is 0 Å². The van der Waals surface area contributed by atoms with Gasteiger partial charge in [-0.3, -0.25) is 0 Å². The molecule has 0 heterocycles. The van der Waals surface area contributed by atoms with Gasteiger partial charge in [-0.2, -0.15) is 0 Å². The maximum Gasteiger partial charge on any atom is -0.0351 e. The Morgan fingerprint density at radius 1 is 0.286 bits per heavy atom. The average Bonchev–Trinajstić information content (AvgIpc) is 2.99. The smallest absolute Gasteiger partial charge is 0.0351 e. The van der Waals surface area contributed by atoms with Crippen molar-refractivity contribution in [3.05, 3.63) is 24.3 Å². The number of hydrogen-bond donors (Lipinski definition) is 0. The molecule has 0 aromatic heterocycles. The first-order valence-electron chi connectivity index (χ1n) is 20.1. The fourth-order valence-corrected chi connectivity index (χ4v) is 6.34. The molecule has 0 spiro atoms. The fourth-order valence-electron chi connectivity index (χ4n) is 6.34. The van der Waals surface area contributed by atoms with E-state index in [1.54, 1.807) is 0 Å². The molecule has 42 heavy (non-hydrogen) atoms. The monoisotopic (exact) mass is 587 g/mol. The fraction of sp³-hybridized carbons (Fsp3) is 0.905. The summed E-state index contributed by atoms with van der Waals surface area (Å²) in [6.07, 6.45) is 58.3. The molecule has 0 rings (SSSR count). The highest BCUT2D eigenvalue weighted by Gasteiger charge is 2.01. The van der Waals surface area contributed by atoms with E-state index >= 15 is 0 Å². The molecule has 0 radical (unpaired) electrons. The first-order chi connectivity index (χ1) is 20.8.